The van der Waals surface area contributed by atoms with Crippen LogP contribution < -0.4 is 0 Å². The summed E-state index contributed by atoms with van der Waals surface area (Å²) in [6, 6.07) is 0. The summed E-state index contributed by atoms with van der Waals surface area (Å²) in [5.74, 6) is -1.37. The summed E-state index contributed by atoms with van der Waals surface area (Å²) < 4.78 is 67.3. The second kappa shape index (κ2) is 51.2. The molecule has 0 saturated carbocycles. The Hall–Kier alpha value is -1.94. The van der Waals surface area contributed by atoms with E-state index in [1.54, 1.807) is 0 Å². The Morgan fingerprint density at radius 1 is 0.355 bits per heavy atom. The van der Waals surface area contributed by atoms with E-state index >= 15 is 0 Å². The highest BCUT2D eigenvalue weighted by Gasteiger charge is 2.30. The monoisotopic (exact) mass is 1130 g/mol. The number of unbranched alkanes of at least 4 members (excludes halogenated alkanes) is 29. The van der Waals surface area contributed by atoms with E-state index in [9.17, 15) is 43.2 Å². The smallest absolute Gasteiger partial charge is 0.462 e. The lowest BCUT2D eigenvalue weighted by molar-refractivity contribution is -0.161. The van der Waals surface area contributed by atoms with Crippen LogP contribution in [0.15, 0.2) is 0 Å². The average Bonchev–Trinajstić information content (AvgIpc) is 3.38. The van der Waals surface area contributed by atoms with Crippen molar-refractivity contribution in [1.82, 2.24) is 0 Å². The fourth-order valence-electron chi connectivity index (χ4n) is 8.34. The number of phosphoric ester groups is 2. The topological polar surface area (TPSA) is 237 Å². The minimum absolute atomic E-state index is 0.103. The first-order valence-corrected chi connectivity index (χ1v) is 33.1. The molecule has 0 fully saturated rings. The molecule has 0 aliphatic heterocycles. The van der Waals surface area contributed by atoms with E-state index in [0.29, 0.717) is 25.7 Å². The number of ether oxygens (including phenoxy) is 4. The highest BCUT2D eigenvalue weighted by molar-refractivity contribution is 7.47. The van der Waals surface area contributed by atoms with Gasteiger partial charge in [-0.3, -0.25) is 37.3 Å². The molecule has 0 bridgehead atoms. The molecule has 0 aromatic carbocycles. The molecular weight excluding hydrogens is 1020 g/mol. The van der Waals surface area contributed by atoms with Crippen LogP contribution in [-0.2, 0) is 65.4 Å². The van der Waals surface area contributed by atoms with Crippen LogP contribution in [0.5, 0.6) is 0 Å². The quantitative estimate of drug-likeness (QED) is 0.0222. The number of carbonyl (C=O) groups excluding carboxylic acids is 4. The van der Waals surface area contributed by atoms with E-state index in [-0.39, 0.29) is 25.7 Å². The van der Waals surface area contributed by atoms with Crippen molar-refractivity contribution >= 4 is 39.5 Å². The summed E-state index contributed by atoms with van der Waals surface area (Å²) >= 11 is 0. The molecular formula is C57H110O17P2. The summed E-state index contributed by atoms with van der Waals surface area (Å²) in [4.78, 5) is 71.4. The molecule has 0 aliphatic rings. The number of phosphoric acid groups is 2. The van der Waals surface area contributed by atoms with Crippen LogP contribution in [0.2, 0.25) is 0 Å². The van der Waals surface area contributed by atoms with Gasteiger partial charge in [-0.15, -0.1) is 0 Å². The third-order valence-electron chi connectivity index (χ3n) is 13.0. The molecule has 0 aliphatic carbocycles. The van der Waals surface area contributed by atoms with Crippen LogP contribution in [0.4, 0.5) is 0 Å². The molecule has 19 heteroatoms. The molecule has 0 rings (SSSR count). The van der Waals surface area contributed by atoms with Crippen molar-refractivity contribution in [1.29, 1.82) is 0 Å². The van der Waals surface area contributed by atoms with Crippen molar-refractivity contribution in [3.8, 4) is 0 Å². The van der Waals surface area contributed by atoms with Crippen LogP contribution in [0.1, 0.15) is 279 Å². The molecule has 0 saturated heterocycles. The lowest BCUT2D eigenvalue weighted by atomic mass is 10.0. The van der Waals surface area contributed by atoms with Gasteiger partial charge >= 0.3 is 39.5 Å². The Balaban J connectivity index is 5.07. The zero-order chi connectivity index (χ0) is 56.4. The van der Waals surface area contributed by atoms with Gasteiger partial charge in [0.2, 0.25) is 0 Å². The molecule has 0 amide bonds. The first-order valence-electron chi connectivity index (χ1n) is 30.1. The SMILES string of the molecule is CCCCCCCCCC(=O)OC[C@H](COP(=O)(O)OC[C@@H](O)COP(=O)(O)OC[C@@H](COC(=O)CCCCCCC)OC(=O)CCCCCCCCC)OC(=O)CCCCCCCCCCCCCCCCC(C)C. The van der Waals surface area contributed by atoms with Gasteiger partial charge in [-0.1, -0.05) is 227 Å². The van der Waals surface area contributed by atoms with Gasteiger partial charge in [0.25, 0.3) is 0 Å². The van der Waals surface area contributed by atoms with Gasteiger partial charge in [-0.2, -0.15) is 0 Å². The molecule has 0 radical (unpaired) electrons. The van der Waals surface area contributed by atoms with Gasteiger partial charge in [0.05, 0.1) is 26.4 Å². The lowest BCUT2D eigenvalue weighted by Gasteiger charge is -2.21. The molecule has 0 aromatic rings. The molecule has 3 N–H and O–H groups in total. The van der Waals surface area contributed by atoms with Crippen molar-refractivity contribution in [2.45, 2.75) is 297 Å². The second-order valence-electron chi connectivity index (χ2n) is 21.2. The van der Waals surface area contributed by atoms with Gasteiger partial charge in [0, 0.05) is 25.7 Å². The van der Waals surface area contributed by atoms with Gasteiger partial charge in [0.15, 0.2) is 12.2 Å². The predicted octanol–water partition coefficient (Wildman–Crippen LogP) is 15.1. The Bertz CT molecular complexity index is 1500. The Morgan fingerprint density at radius 2 is 0.605 bits per heavy atom. The summed E-state index contributed by atoms with van der Waals surface area (Å²) in [6.07, 6.45) is 32.7. The average molecular weight is 1130 g/mol. The third-order valence-corrected chi connectivity index (χ3v) is 14.9. The molecule has 0 aromatic heterocycles. The molecule has 5 atom stereocenters. The molecule has 2 unspecified atom stereocenters. The van der Waals surface area contributed by atoms with E-state index < -0.39 is 97.5 Å². The maximum absolute atomic E-state index is 12.9. The summed E-state index contributed by atoms with van der Waals surface area (Å²) in [5, 5.41) is 10.4. The minimum atomic E-state index is -4.93. The highest BCUT2D eigenvalue weighted by atomic mass is 31.2. The number of hydrogen-bond acceptors (Lipinski definition) is 15. The predicted molar refractivity (Wildman–Crippen MR) is 298 cm³/mol. The first-order chi connectivity index (χ1) is 36.5. The number of rotatable bonds is 57. The number of esters is 4. The van der Waals surface area contributed by atoms with Gasteiger partial charge < -0.3 is 33.8 Å². The van der Waals surface area contributed by atoms with Gasteiger partial charge in [-0.25, -0.2) is 9.13 Å². The highest BCUT2D eigenvalue weighted by Crippen LogP contribution is 2.45. The van der Waals surface area contributed by atoms with Crippen molar-refractivity contribution in [3.05, 3.63) is 0 Å². The lowest BCUT2D eigenvalue weighted by Crippen LogP contribution is -2.30. The van der Waals surface area contributed by atoms with E-state index in [2.05, 4.69) is 34.6 Å². The van der Waals surface area contributed by atoms with Crippen molar-refractivity contribution in [2.75, 3.05) is 39.6 Å². The molecule has 450 valence electrons. The zero-order valence-corrected chi connectivity index (χ0v) is 50.2. The van der Waals surface area contributed by atoms with Crippen molar-refractivity contribution < 1.29 is 80.2 Å². The summed E-state index contributed by atoms with van der Waals surface area (Å²) in [5.41, 5.74) is 0. The zero-order valence-electron chi connectivity index (χ0n) is 48.4. The van der Waals surface area contributed by atoms with Crippen molar-refractivity contribution in [2.24, 2.45) is 5.92 Å². The third kappa shape index (κ3) is 51.5. The van der Waals surface area contributed by atoms with Crippen LogP contribution in [-0.4, -0.2) is 96.7 Å². The van der Waals surface area contributed by atoms with E-state index in [1.165, 1.54) is 70.6 Å². The Labute approximate surface area is 460 Å². The number of aliphatic hydroxyl groups excluding tert-OH is 1. The van der Waals surface area contributed by atoms with Crippen LogP contribution in [0, 0.1) is 5.92 Å². The Kier molecular flexibility index (Phi) is 49.9. The molecule has 0 heterocycles. The maximum atomic E-state index is 12.9. The number of hydrogen-bond donors (Lipinski definition) is 3. The molecule has 17 nitrogen and oxygen atoms in total. The van der Waals surface area contributed by atoms with Gasteiger partial charge in [-0.05, 0) is 31.6 Å². The van der Waals surface area contributed by atoms with E-state index in [4.69, 9.17) is 37.0 Å². The standard InChI is InChI=1S/C57H110O17P2/c1-6-9-12-15-25-31-36-41-55(60)68-47-53(74-57(62)43-38-33-28-24-22-20-18-17-19-21-23-27-30-34-39-50(4)5)49-72-76(65,66)70-45-51(58)44-69-75(63,64)71-48-52(46-67-54(59)40-35-29-14-11-8-3)73-56(61)42-37-32-26-16-13-10-7-2/h50-53,58H,6-49H2,1-5H3,(H,63,64)(H,65,66)/t51-,52+,53+/m0/s1. The molecule has 0 spiro atoms. The van der Waals surface area contributed by atoms with Crippen LogP contribution in [0.3, 0.4) is 0 Å². The van der Waals surface area contributed by atoms with E-state index in [1.807, 2.05) is 0 Å². The number of aliphatic hydroxyl groups is 1. The maximum Gasteiger partial charge on any atom is 0.472 e. The fourth-order valence-corrected chi connectivity index (χ4v) is 9.92. The summed E-state index contributed by atoms with van der Waals surface area (Å²) in [7, 11) is -9.85. The van der Waals surface area contributed by atoms with Crippen LogP contribution >= 0.6 is 15.6 Å². The normalized spacial score (nSPS) is 14.4. The minimum Gasteiger partial charge on any atom is -0.462 e. The largest absolute Gasteiger partial charge is 0.472 e. The summed E-state index contributed by atoms with van der Waals surface area (Å²) in [6.45, 7) is 6.99. The van der Waals surface area contributed by atoms with Crippen LogP contribution in [0.25, 0.3) is 0 Å². The Morgan fingerprint density at radius 3 is 0.895 bits per heavy atom. The van der Waals surface area contributed by atoms with E-state index in [0.717, 1.165) is 128 Å². The number of carbonyl (C=O) groups is 4. The molecule has 76 heavy (non-hydrogen) atoms. The first kappa shape index (κ1) is 74.1. The second-order valence-corrected chi connectivity index (χ2v) is 24.1. The fraction of sp³-hybridized carbons (Fsp3) is 0.930. The van der Waals surface area contributed by atoms with Crippen molar-refractivity contribution in [3.63, 3.8) is 0 Å². The van der Waals surface area contributed by atoms with Gasteiger partial charge in [0.1, 0.15) is 19.3 Å².